The number of β-amino-alcohol motifs (C(OH)–C–C–N with tert-alkyl or cyclic N) is 1. The van der Waals surface area contributed by atoms with Crippen LogP contribution in [0.25, 0.3) is 0 Å². The predicted octanol–water partition coefficient (Wildman–Crippen LogP) is 2.27. The van der Waals surface area contributed by atoms with Crippen LogP contribution >= 0.6 is 0 Å². The molecule has 1 aromatic rings. The summed E-state index contributed by atoms with van der Waals surface area (Å²) in [6, 6.07) is 3.10. The van der Waals surface area contributed by atoms with Gasteiger partial charge in [-0.3, -0.25) is 0 Å². The molecule has 1 saturated heterocycles. The van der Waals surface area contributed by atoms with Gasteiger partial charge in [-0.25, -0.2) is 14.0 Å². The summed E-state index contributed by atoms with van der Waals surface area (Å²) in [6.07, 6.45) is -2.08. The fraction of sp³-hybridized carbons (Fsp3) is 0.529. The van der Waals surface area contributed by atoms with E-state index in [1.807, 2.05) is 0 Å². The van der Waals surface area contributed by atoms with Crippen LogP contribution in [0.4, 0.5) is 9.18 Å². The summed E-state index contributed by atoms with van der Waals surface area (Å²) < 4.78 is 24.2. The van der Waals surface area contributed by atoms with Crippen LogP contribution in [0.1, 0.15) is 37.6 Å². The van der Waals surface area contributed by atoms with Gasteiger partial charge >= 0.3 is 12.1 Å². The SMILES string of the molecule is CC(C)(C)OC(=O)N1CC[C@H](Oc2cc(F)ccc2C(=O)O)[C@H](O)C1. The predicted molar refractivity (Wildman–Crippen MR) is 86.2 cm³/mol. The Labute approximate surface area is 145 Å². The van der Waals surface area contributed by atoms with Gasteiger partial charge < -0.3 is 24.6 Å². The zero-order valence-electron chi connectivity index (χ0n) is 14.4. The summed E-state index contributed by atoms with van der Waals surface area (Å²) in [5.74, 6) is -2.04. The topological polar surface area (TPSA) is 96.3 Å². The number of nitrogens with zero attached hydrogens (tertiary/aromatic N) is 1. The van der Waals surface area contributed by atoms with Gasteiger partial charge in [-0.2, -0.15) is 0 Å². The van der Waals surface area contributed by atoms with Crippen LogP contribution in [0.5, 0.6) is 5.75 Å². The molecule has 7 nitrogen and oxygen atoms in total. The van der Waals surface area contributed by atoms with Crippen molar-refractivity contribution >= 4 is 12.1 Å². The number of carbonyl (C=O) groups excluding carboxylic acids is 1. The first-order valence-corrected chi connectivity index (χ1v) is 7.92. The lowest BCUT2D eigenvalue weighted by molar-refractivity contribution is -0.0377. The largest absolute Gasteiger partial charge is 0.487 e. The van der Waals surface area contributed by atoms with Crippen molar-refractivity contribution in [2.75, 3.05) is 13.1 Å². The molecule has 138 valence electrons. The van der Waals surface area contributed by atoms with Crippen molar-refractivity contribution in [2.45, 2.75) is 45.0 Å². The lowest BCUT2D eigenvalue weighted by Crippen LogP contribution is -2.52. The Balaban J connectivity index is 2.04. The van der Waals surface area contributed by atoms with Gasteiger partial charge in [-0.15, -0.1) is 0 Å². The van der Waals surface area contributed by atoms with Crippen molar-refractivity contribution in [3.05, 3.63) is 29.6 Å². The third-order valence-corrected chi connectivity index (χ3v) is 3.62. The smallest absolute Gasteiger partial charge is 0.410 e. The summed E-state index contributed by atoms with van der Waals surface area (Å²) in [5, 5.41) is 19.4. The van der Waals surface area contributed by atoms with Crippen LogP contribution in [-0.2, 0) is 4.74 Å². The molecule has 0 bridgehead atoms. The highest BCUT2D eigenvalue weighted by Crippen LogP contribution is 2.25. The fourth-order valence-electron chi connectivity index (χ4n) is 2.47. The minimum absolute atomic E-state index is 0.0166. The maximum atomic E-state index is 13.4. The molecule has 1 aromatic carbocycles. The van der Waals surface area contributed by atoms with Crippen LogP contribution in [-0.4, -0.2) is 58.1 Å². The number of ether oxygens (including phenoxy) is 2. The number of rotatable bonds is 3. The number of carbonyl (C=O) groups is 2. The molecule has 1 aliphatic heterocycles. The van der Waals surface area contributed by atoms with Crippen molar-refractivity contribution in [3.8, 4) is 5.75 Å². The van der Waals surface area contributed by atoms with E-state index in [9.17, 15) is 19.1 Å². The number of carboxylic acids is 1. The first kappa shape index (κ1) is 19.0. The summed E-state index contributed by atoms with van der Waals surface area (Å²) in [6.45, 7) is 5.49. The van der Waals surface area contributed by atoms with Crippen molar-refractivity contribution in [1.82, 2.24) is 4.90 Å². The van der Waals surface area contributed by atoms with E-state index in [1.165, 1.54) is 4.90 Å². The first-order chi connectivity index (χ1) is 11.6. The Hall–Kier alpha value is -2.35. The molecule has 0 spiro atoms. The van der Waals surface area contributed by atoms with Gasteiger partial charge in [0, 0.05) is 19.0 Å². The van der Waals surface area contributed by atoms with Crippen molar-refractivity contribution in [3.63, 3.8) is 0 Å². The molecule has 2 atom stereocenters. The maximum absolute atomic E-state index is 13.4. The normalized spacial score (nSPS) is 20.9. The number of carboxylic acid groups (broad SMARTS) is 1. The Morgan fingerprint density at radius 3 is 2.56 bits per heavy atom. The molecule has 25 heavy (non-hydrogen) atoms. The molecule has 2 N–H and O–H groups in total. The third-order valence-electron chi connectivity index (χ3n) is 3.62. The fourth-order valence-corrected chi connectivity index (χ4v) is 2.47. The van der Waals surface area contributed by atoms with Crippen molar-refractivity contribution in [1.29, 1.82) is 0 Å². The highest BCUT2D eigenvalue weighted by atomic mass is 19.1. The molecule has 1 amide bonds. The summed E-state index contributed by atoms with van der Waals surface area (Å²) in [7, 11) is 0. The van der Waals surface area contributed by atoms with Crippen LogP contribution < -0.4 is 4.74 Å². The highest BCUT2D eigenvalue weighted by molar-refractivity contribution is 5.90. The van der Waals surface area contributed by atoms with E-state index in [-0.39, 0.29) is 30.8 Å². The first-order valence-electron chi connectivity index (χ1n) is 7.92. The van der Waals surface area contributed by atoms with Crippen LogP contribution in [0, 0.1) is 5.82 Å². The number of piperidine rings is 1. The van der Waals surface area contributed by atoms with Gasteiger partial charge in [0.2, 0.25) is 0 Å². The van der Waals surface area contributed by atoms with E-state index >= 15 is 0 Å². The van der Waals surface area contributed by atoms with Crippen LogP contribution in [0.3, 0.4) is 0 Å². The number of aromatic carboxylic acids is 1. The van der Waals surface area contributed by atoms with Crippen LogP contribution in [0.15, 0.2) is 18.2 Å². The van der Waals surface area contributed by atoms with Gasteiger partial charge in [0.05, 0.1) is 6.54 Å². The second-order valence-electron chi connectivity index (χ2n) is 6.88. The molecular weight excluding hydrogens is 333 g/mol. The highest BCUT2D eigenvalue weighted by Gasteiger charge is 2.34. The zero-order valence-corrected chi connectivity index (χ0v) is 14.4. The van der Waals surface area contributed by atoms with Gasteiger partial charge in [0.25, 0.3) is 0 Å². The van der Waals surface area contributed by atoms with Crippen molar-refractivity contribution < 1.29 is 33.7 Å². The second kappa shape index (κ2) is 7.26. The molecule has 0 unspecified atom stereocenters. The van der Waals surface area contributed by atoms with E-state index in [0.29, 0.717) is 0 Å². The van der Waals surface area contributed by atoms with Gasteiger partial charge in [0.1, 0.15) is 34.9 Å². The Morgan fingerprint density at radius 1 is 1.32 bits per heavy atom. The molecule has 1 heterocycles. The minimum atomic E-state index is -1.25. The molecule has 0 aromatic heterocycles. The van der Waals surface area contributed by atoms with Crippen LogP contribution in [0.2, 0.25) is 0 Å². The van der Waals surface area contributed by atoms with E-state index < -0.39 is 35.7 Å². The maximum Gasteiger partial charge on any atom is 0.410 e. The Bertz CT molecular complexity index is 657. The molecule has 8 heteroatoms. The standard InChI is InChI=1S/C17H22FNO6/c1-17(2,3)25-16(23)19-7-6-13(12(20)9-19)24-14-8-10(18)4-5-11(14)15(21)22/h4-5,8,12-13,20H,6-7,9H2,1-3H3,(H,21,22)/t12-,13+/m1/s1. The quantitative estimate of drug-likeness (QED) is 0.863. The molecule has 0 saturated carbocycles. The van der Waals surface area contributed by atoms with E-state index in [2.05, 4.69) is 0 Å². The number of amides is 1. The number of benzene rings is 1. The number of aliphatic hydroxyl groups excluding tert-OH is 1. The molecule has 2 rings (SSSR count). The number of aliphatic hydroxyl groups is 1. The van der Waals surface area contributed by atoms with Crippen molar-refractivity contribution in [2.24, 2.45) is 0 Å². The zero-order chi connectivity index (χ0) is 18.8. The average Bonchev–Trinajstić information content (AvgIpc) is 2.47. The molecule has 0 aliphatic carbocycles. The summed E-state index contributed by atoms with van der Waals surface area (Å²) in [5.41, 5.74) is -0.837. The number of hydrogen-bond acceptors (Lipinski definition) is 5. The molecular formula is C17H22FNO6. The molecule has 0 radical (unpaired) electrons. The Kier molecular flexibility index (Phi) is 5.52. The van der Waals surface area contributed by atoms with Gasteiger partial charge in [0.15, 0.2) is 0 Å². The summed E-state index contributed by atoms with van der Waals surface area (Å²) in [4.78, 5) is 24.6. The molecule has 1 aliphatic rings. The van der Waals surface area contributed by atoms with Gasteiger partial charge in [-0.05, 0) is 32.9 Å². The number of halogens is 1. The lowest BCUT2D eigenvalue weighted by Gasteiger charge is -2.36. The average molecular weight is 355 g/mol. The molecule has 1 fully saturated rings. The Morgan fingerprint density at radius 2 is 2.00 bits per heavy atom. The van der Waals surface area contributed by atoms with Gasteiger partial charge in [-0.1, -0.05) is 0 Å². The third kappa shape index (κ3) is 5.06. The second-order valence-corrected chi connectivity index (χ2v) is 6.88. The monoisotopic (exact) mass is 355 g/mol. The summed E-state index contributed by atoms with van der Waals surface area (Å²) >= 11 is 0. The van der Waals surface area contributed by atoms with E-state index in [0.717, 1.165) is 18.2 Å². The lowest BCUT2D eigenvalue weighted by atomic mass is 10.0. The number of hydrogen-bond donors (Lipinski definition) is 2. The van der Waals surface area contributed by atoms with E-state index in [1.54, 1.807) is 20.8 Å². The minimum Gasteiger partial charge on any atom is -0.487 e. The number of likely N-dealkylation sites (tertiary alicyclic amines) is 1. The van der Waals surface area contributed by atoms with E-state index in [4.69, 9.17) is 14.6 Å².